The molecular formula is C13H15FN2O4. The number of nitrogens with one attached hydrogen (secondary N) is 1. The van der Waals surface area contributed by atoms with Gasteiger partial charge in [-0.2, -0.15) is 0 Å². The Morgan fingerprint density at radius 2 is 2.15 bits per heavy atom. The van der Waals surface area contributed by atoms with Crippen molar-refractivity contribution in [3.63, 3.8) is 0 Å². The number of carbonyl (C=O) groups excluding carboxylic acids is 1. The van der Waals surface area contributed by atoms with Crippen molar-refractivity contribution in [2.24, 2.45) is 0 Å². The Bertz CT molecular complexity index is 519. The molecular weight excluding hydrogens is 267 g/mol. The highest BCUT2D eigenvalue weighted by molar-refractivity contribution is 5.91. The Morgan fingerprint density at radius 1 is 1.45 bits per heavy atom. The number of halogens is 1. The second-order valence-corrected chi connectivity index (χ2v) is 3.89. The van der Waals surface area contributed by atoms with E-state index in [9.17, 15) is 14.0 Å². The van der Waals surface area contributed by atoms with E-state index in [0.29, 0.717) is 0 Å². The largest absolute Gasteiger partial charge is 0.478 e. The van der Waals surface area contributed by atoms with Crippen molar-refractivity contribution in [2.45, 2.75) is 0 Å². The van der Waals surface area contributed by atoms with Crippen LogP contribution in [0.1, 0.15) is 10.4 Å². The number of amides is 2. The normalized spacial score (nSPS) is 9.90. The van der Waals surface area contributed by atoms with Crippen LogP contribution in [0.2, 0.25) is 0 Å². The maximum Gasteiger partial charge on any atom is 0.338 e. The Labute approximate surface area is 115 Å². The molecule has 0 unspecified atom stereocenters. The SMILES string of the molecule is C=CCN(CCO)C(=O)Nc1ccc(C(=O)O)c(F)c1. The zero-order chi connectivity index (χ0) is 15.1. The van der Waals surface area contributed by atoms with Gasteiger partial charge in [-0.25, -0.2) is 14.0 Å². The van der Waals surface area contributed by atoms with Crippen LogP contribution in [0.25, 0.3) is 0 Å². The Balaban J connectivity index is 2.81. The van der Waals surface area contributed by atoms with Gasteiger partial charge in [0.25, 0.3) is 0 Å². The first kappa shape index (κ1) is 15.6. The van der Waals surface area contributed by atoms with Crippen LogP contribution >= 0.6 is 0 Å². The van der Waals surface area contributed by atoms with Gasteiger partial charge in [0.2, 0.25) is 0 Å². The summed E-state index contributed by atoms with van der Waals surface area (Å²) in [5.41, 5.74) is -0.342. The van der Waals surface area contributed by atoms with E-state index in [0.717, 1.165) is 12.1 Å². The second-order valence-electron chi connectivity index (χ2n) is 3.89. The van der Waals surface area contributed by atoms with Gasteiger partial charge in [0.05, 0.1) is 12.2 Å². The first-order valence-corrected chi connectivity index (χ1v) is 5.80. The monoisotopic (exact) mass is 282 g/mol. The summed E-state index contributed by atoms with van der Waals surface area (Å²) in [6.45, 7) is 3.60. The van der Waals surface area contributed by atoms with Crippen LogP contribution in [0.15, 0.2) is 30.9 Å². The van der Waals surface area contributed by atoms with Crippen LogP contribution < -0.4 is 5.32 Å². The van der Waals surface area contributed by atoms with E-state index in [1.165, 1.54) is 17.0 Å². The molecule has 0 fully saturated rings. The topological polar surface area (TPSA) is 89.9 Å². The van der Waals surface area contributed by atoms with Crippen molar-refractivity contribution in [3.05, 3.63) is 42.2 Å². The lowest BCUT2D eigenvalue weighted by Crippen LogP contribution is -2.37. The highest BCUT2D eigenvalue weighted by atomic mass is 19.1. The molecule has 108 valence electrons. The molecule has 0 bridgehead atoms. The van der Waals surface area contributed by atoms with Crippen LogP contribution in [0.3, 0.4) is 0 Å². The highest BCUT2D eigenvalue weighted by Crippen LogP contribution is 2.15. The third kappa shape index (κ3) is 4.06. The van der Waals surface area contributed by atoms with Gasteiger partial charge in [-0.05, 0) is 18.2 Å². The average molecular weight is 282 g/mol. The summed E-state index contributed by atoms with van der Waals surface area (Å²) < 4.78 is 13.4. The van der Waals surface area contributed by atoms with E-state index in [1.54, 1.807) is 0 Å². The van der Waals surface area contributed by atoms with Gasteiger partial charge in [0, 0.05) is 18.8 Å². The number of urea groups is 1. The fraction of sp³-hybridized carbons (Fsp3) is 0.231. The highest BCUT2D eigenvalue weighted by Gasteiger charge is 2.14. The van der Waals surface area contributed by atoms with Gasteiger partial charge < -0.3 is 20.4 Å². The number of benzene rings is 1. The van der Waals surface area contributed by atoms with Crippen molar-refractivity contribution in [1.29, 1.82) is 0 Å². The Kier molecular flexibility index (Phi) is 5.67. The number of hydrogen-bond acceptors (Lipinski definition) is 3. The molecule has 0 saturated heterocycles. The van der Waals surface area contributed by atoms with Gasteiger partial charge >= 0.3 is 12.0 Å². The minimum Gasteiger partial charge on any atom is -0.478 e. The molecule has 0 saturated carbocycles. The summed E-state index contributed by atoms with van der Waals surface area (Å²) in [6, 6.07) is 2.74. The summed E-state index contributed by atoms with van der Waals surface area (Å²) >= 11 is 0. The molecule has 0 aromatic heterocycles. The van der Waals surface area contributed by atoms with E-state index in [1.807, 2.05) is 0 Å². The fourth-order valence-corrected chi connectivity index (χ4v) is 1.52. The number of nitrogens with zero attached hydrogens (tertiary/aromatic N) is 1. The zero-order valence-corrected chi connectivity index (χ0v) is 10.7. The Hall–Kier alpha value is -2.41. The van der Waals surface area contributed by atoms with E-state index in [2.05, 4.69) is 11.9 Å². The van der Waals surface area contributed by atoms with Gasteiger partial charge in [-0.3, -0.25) is 0 Å². The van der Waals surface area contributed by atoms with Gasteiger partial charge in [0.15, 0.2) is 0 Å². The Morgan fingerprint density at radius 3 is 2.65 bits per heavy atom. The lowest BCUT2D eigenvalue weighted by molar-refractivity contribution is 0.0692. The maximum absolute atomic E-state index is 13.4. The standard InChI is InChI=1S/C13H15FN2O4/c1-2-5-16(6-7-17)13(20)15-9-3-4-10(12(18)19)11(14)8-9/h2-4,8,17H,1,5-7H2,(H,15,20)(H,18,19). The number of anilines is 1. The number of rotatable bonds is 6. The third-order valence-electron chi connectivity index (χ3n) is 2.46. The summed E-state index contributed by atoms with van der Waals surface area (Å²) in [5, 5.41) is 19.9. The molecule has 1 aromatic carbocycles. The quantitative estimate of drug-likeness (QED) is 0.690. The first-order valence-electron chi connectivity index (χ1n) is 5.80. The van der Waals surface area contributed by atoms with E-state index in [-0.39, 0.29) is 25.4 Å². The second kappa shape index (κ2) is 7.25. The van der Waals surface area contributed by atoms with Crippen LogP contribution in [-0.4, -0.2) is 46.8 Å². The van der Waals surface area contributed by atoms with Gasteiger partial charge in [-0.1, -0.05) is 6.08 Å². The molecule has 0 atom stereocenters. The van der Waals surface area contributed by atoms with Crippen molar-refractivity contribution in [1.82, 2.24) is 4.90 Å². The predicted molar refractivity (Wildman–Crippen MR) is 71.2 cm³/mol. The number of aliphatic hydroxyl groups excluding tert-OH is 1. The van der Waals surface area contributed by atoms with E-state index < -0.39 is 23.4 Å². The first-order chi connectivity index (χ1) is 9.49. The molecule has 0 radical (unpaired) electrons. The smallest absolute Gasteiger partial charge is 0.338 e. The fourth-order valence-electron chi connectivity index (χ4n) is 1.52. The van der Waals surface area contributed by atoms with Crippen LogP contribution in [0.5, 0.6) is 0 Å². The van der Waals surface area contributed by atoms with E-state index >= 15 is 0 Å². The molecule has 0 heterocycles. The molecule has 3 N–H and O–H groups in total. The maximum atomic E-state index is 13.4. The molecule has 6 nitrogen and oxygen atoms in total. The van der Waals surface area contributed by atoms with Crippen LogP contribution in [0, 0.1) is 5.82 Å². The molecule has 7 heteroatoms. The predicted octanol–water partition coefficient (Wildman–Crippen LogP) is 1.54. The molecule has 2 amide bonds. The van der Waals surface area contributed by atoms with Crippen molar-refractivity contribution in [3.8, 4) is 0 Å². The number of aliphatic hydroxyl groups is 1. The summed E-state index contributed by atoms with van der Waals surface area (Å²) in [5.74, 6) is -2.32. The molecule has 0 aliphatic heterocycles. The zero-order valence-electron chi connectivity index (χ0n) is 10.7. The van der Waals surface area contributed by atoms with Crippen molar-refractivity contribution >= 4 is 17.7 Å². The molecule has 0 aliphatic rings. The number of hydrogen-bond donors (Lipinski definition) is 3. The third-order valence-corrected chi connectivity index (χ3v) is 2.46. The minimum atomic E-state index is -1.38. The molecule has 0 spiro atoms. The minimum absolute atomic E-state index is 0.105. The lowest BCUT2D eigenvalue weighted by atomic mass is 10.2. The van der Waals surface area contributed by atoms with Crippen molar-refractivity contribution in [2.75, 3.05) is 25.0 Å². The van der Waals surface area contributed by atoms with Crippen molar-refractivity contribution < 1.29 is 24.2 Å². The van der Waals surface area contributed by atoms with Crippen LogP contribution in [-0.2, 0) is 0 Å². The number of carbonyl (C=O) groups is 2. The van der Waals surface area contributed by atoms with Gasteiger partial charge in [0.1, 0.15) is 5.82 Å². The van der Waals surface area contributed by atoms with Crippen LogP contribution in [0.4, 0.5) is 14.9 Å². The van der Waals surface area contributed by atoms with E-state index in [4.69, 9.17) is 10.2 Å². The lowest BCUT2D eigenvalue weighted by Gasteiger charge is -2.20. The molecule has 20 heavy (non-hydrogen) atoms. The summed E-state index contributed by atoms with van der Waals surface area (Å²) in [7, 11) is 0. The van der Waals surface area contributed by atoms with Gasteiger partial charge in [-0.15, -0.1) is 6.58 Å². The number of aromatic carboxylic acids is 1. The number of carboxylic acids is 1. The molecule has 1 rings (SSSR count). The number of carboxylic acid groups (broad SMARTS) is 1. The molecule has 1 aromatic rings. The summed E-state index contributed by atoms with van der Waals surface area (Å²) in [6.07, 6.45) is 1.49. The summed E-state index contributed by atoms with van der Waals surface area (Å²) in [4.78, 5) is 23.8. The average Bonchev–Trinajstić information content (AvgIpc) is 2.38. The molecule has 0 aliphatic carbocycles.